The van der Waals surface area contributed by atoms with E-state index < -0.39 is 0 Å². The lowest BCUT2D eigenvalue weighted by atomic mass is 10.1. The molecule has 2 aromatic carbocycles. The van der Waals surface area contributed by atoms with Gasteiger partial charge in [0.15, 0.2) is 5.16 Å². The minimum absolute atomic E-state index is 0.339. The van der Waals surface area contributed by atoms with Crippen LogP contribution in [0.25, 0.3) is 22.5 Å². The third-order valence-electron chi connectivity index (χ3n) is 3.48. The van der Waals surface area contributed by atoms with E-state index in [1.54, 1.807) is 6.92 Å². The summed E-state index contributed by atoms with van der Waals surface area (Å²) in [7, 11) is 0. The van der Waals surface area contributed by atoms with Gasteiger partial charge in [-0.05, 0) is 6.92 Å². The van der Waals surface area contributed by atoms with Crippen LogP contribution in [0, 0.1) is 0 Å². The van der Waals surface area contributed by atoms with E-state index >= 15 is 0 Å². The van der Waals surface area contributed by atoms with Crippen LogP contribution in [0.2, 0.25) is 0 Å². The van der Waals surface area contributed by atoms with E-state index in [1.807, 2.05) is 60.7 Å². The highest BCUT2D eigenvalue weighted by molar-refractivity contribution is 8.00. The van der Waals surface area contributed by atoms with Crippen LogP contribution in [0.15, 0.2) is 65.8 Å². The van der Waals surface area contributed by atoms with Gasteiger partial charge in [-0.25, -0.2) is 4.98 Å². The highest BCUT2D eigenvalue weighted by Gasteiger charge is 2.18. The summed E-state index contributed by atoms with van der Waals surface area (Å²) in [6.45, 7) is 1.78. The van der Waals surface area contributed by atoms with E-state index in [0.29, 0.717) is 5.16 Å². The van der Waals surface area contributed by atoms with Gasteiger partial charge in [0.05, 0.1) is 16.6 Å². The van der Waals surface area contributed by atoms with Crippen molar-refractivity contribution in [2.45, 2.75) is 17.3 Å². The smallest absolute Gasteiger partial charge is 0.230 e. The van der Waals surface area contributed by atoms with Crippen LogP contribution in [0.5, 0.6) is 0 Å². The molecule has 0 bridgehead atoms. The number of hydrogen-bond acceptors (Lipinski definition) is 3. The second kappa shape index (κ2) is 6.71. The zero-order valence-electron chi connectivity index (χ0n) is 12.7. The maximum absolute atomic E-state index is 11.3. The van der Waals surface area contributed by atoms with Crippen LogP contribution in [0.4, 0.5) is 0 Å². The predicted molar refractivity (Wildman–Crippen MR) is 94.0 cm³/mol. The number of aromatic amines is 1. The number of H-pyrrole nitrogens is 1. The number of nitrogens with two attached hydrogens (primary N) is 1. The summed E-state index contributed by atoms with van der Waals surface area (Å²) in [4.78, 5) is 19.3. The molecule has 0 aliphatic rings. The number of aromatic nitrogens is 2. The maximum Gasteiger partial charge on any atom is 0.230 e. The zero-order chi connectivity index (χ0) is 16.2. The van der Waals surface area contributed by atoms with Gasteiger partial charge in [0.1, 0.15) is 0 Å². The summed E-state index contributed by atoms with van der Waals surface area (Å²) >= 11 is 1.33. The van der Waals surface area contributed by atoms with Crippen molar-refractivity contribution >= 4 is 17.7 Å². The SMILES string of the molecule is C[C@H](Sc1nc(-c2ccccc2)c(-c2ccccc2)[nH]1)C(N)=O. The van der Waals surface area contributed by atoms with E-state index in [0.717, 1.165) is 22.5 Å². The lowest BCUT2D eigenvalue weighted by Gasteiger charge is -2.03. The Morgan fingerprint density at radius 1 is 1.04 bits per heavy atom. The van der Waals surface area contributed by atoms with Gasteiger partial charge in [0.25, 0.3) is 0 Å². The molecule has 5 heteroatoms. The normalized spacial score (nSPS) is 12.0. The molecule has 3 aromatic rings. The van der Waals surface area contributed by atoms with E-state index in [2.05, 4.69) is 9.97 Å². The van der Waals surface area contributed by atoms with Crippen molar-refractivity contribution in [2.24, 2.45) is 5.73 Å². The molecule has 1 heterocycles. The van der Waals surface area contributed by atoms with E-state index in [-0.39, 0.29) is 11.2 Å². The van der Waals surface area contributed by atoms with Crippen LogP contribution in [-0.2, 0) is 4.79 Å². The Morgan fingerprint density at radius 3 is 2.17 bits per heavy atom. The van der Waals surface area contributed by atoms with Crippen molar-refractivity contribution in [3.8, 4) is 22.5 Å². The van der Waals surface area contributed by atoms with E-state index in [4.69, 9.17) is 5.73 Å². The zero-order valence-corrected chi connectivity index (χ0v) is 13.5. The Balaban J connectivity index is 2.06. The van der Waals surface area contributed by atoms with Crippen molar-refractivity contribution in [3.05, 3.63) is 60.7 Å². The van der Waals surface area contributed by atoms with Gasteiger partial charge in [0.2, 0.25) is 5.91 Å². The molecular formula is C18H17N3OS. The number of primary amides is 1. The highest BCUT2D eigenvalue weighted by atomic mass is 32.2. The Kier molecular flexibility index (Phi) is 4.48. The molecule has 0 spiro atoms. The molecule has 1 atom stereocenters. The molecule has 1 aromatic heterocycles. The molecule has 1 amide bonds. The molecule has 23 heavy (non-hydrogen) atoms. The molecule has 3 rings (SSSR count). The molecule has 116 valence electrons. The van der Waals surface area contributed by atoms with Crippen molar-refractivity contribution in [1.82, 2.24) is 9.97 Å². The Hall–Kier alpha value is -2.53. The van der Waals surface area contributed by atoms with Crippen molar-refractivity contribution < 1.29 is 4.79 Å². The lowest BCUT2D eigenvalue weighted by molar-refractivity contribution is -0.117. The first-order valence-corrected chi connectivity index (χ1v) is 8.20. The van der Waals surface area contributed by atoms with Gasteiger partial charge >= 0.3 is 0 Å². The summed E-state index contributed by atoms with van der Waals surface area (Å²) in [5.41, 5.74) is 9.24. The number of carbonyl (C=O) groups is 1. The molecule has 0 unspecified atom stereocenters. The minimum atomic E-state index is -0.353. The summed E-state index contributed by atoms with van der Waals surface area (Å²) < 4.78 is 0. The number of benzene rings is 2. The van der Waals surface area contributed by atoms with Crippen molar-refractivity contribution in [1.29, 1.82) is 0 Å². The first-order valence-electron chi connectivity index (χ1n) is 7.32. The number of carbonyl (C=O) groups excluding carboxylic acids is 1. The van der Waals surface area contributed by atoms with Gasteiger partial charge in [-0.15, -0.1) is 0 Å². The fraction of sp³-hybridized carbons (Fsp3) is 0.111. The number of nitrogens with zero attached hydrogens (tertiary/aromatic N) is 1. The van der Waals surface area contributed by atoms with Gasteiger partial charge in [-0.3, -0.25) is 4.79 Å². The lowest BCUT2D eigenvalue weighted by Crippen LogP contribution is -2.22. The molecule has 0 aliphatic carbocycles. The van der Waals surface area contributed by atoms with Crippen molar-refractivity contribution in [3.63, 3.8) is 0 Å². The summed E-state index contributed by atoms with van der Waals surface area (Å²) in [5.74, 6) is -0.353. The molecule has 0 radical (unpaired) electrons. The van der Waals surface area contributed by atoms with Crippen LogP contribution in [0.1, 0.15) is 6.92 Å². The number of hydrogen-bond donors (Lipinski definition) is 2. The average Bonchev–Trinajstić information content (AvgIpc) is 3.00. The van der Waals surface area contributed by atoms with Gasteiger partial charge in [-0.2, -0.15) is 0 Å². The predicted octanol–water partition coefficient (Wildman–Crippen LogP) is 3.71. The van der Waals surface area contributed by atoms with E-state index in [1.165, 1.54) is 11.8 Å². The van der Waals surface area contributed by atoms with Gasteiger partial charge < -0.3 is 10.7 Å². The number of imidazole rings is 1. The Bertz CT molecular complexity index is 743. The standard InChI is InChI=1S/C18H17N3OS/c1-12(17(19)22)23-18-20-15(13-8-4-2-5-9-13)16(21-18)14-10-6-3-7-11-14/h2-12H,1H3,(H2,19,22)(H,20,21)/t12-/m0/s1. The summed E-state index contributed by atoms with van der Waals surface area (Å²) in [6.07, 6.45) is 0. The van der Waals surface area contributed by atoms with Crippen LogP contribution in [-0.4, -0.2) is 21.1 Å². The van der Waals surface area contributed by atoms with Crippen LogP contribution >= 0.6 is 11.8 Å². The molecule has 0 fully saturated rings. The van der Waals surface area contributed by atoms with Crippen molar-refractivity contribution in [2.75, 3.05) is 0 Å². The number of amides is 1. The third-order valence-corrected chi connectivity index (χ3v) is 4.48. The molecule has 0 aliphatic heterocycles. The second-order valence-corrected chi connectivity index (χ2v) is 6.49. The molecular weight excluding hydrogens is 306 g/mol. The Morgan fingerprint density at radius 2 is 1.61 bits per heavy atom. The quantitative estimate of drug-likeness (QED) is 0.703. The number of rotatable bonds is 5. The third kappa shape index (κ3) is 3.46. The largest absolute Gasteiger partial charge is 0.369 e. The van der Waals surface area contributed by atoms with Gasteiger partial charge in [-0.1, -0.05) is 72.4 Å². The maximum atomic E-state index is 11.3. The number of thioether (sulfide) groups is 1. The summed E-state index contributed by atoms with van der Waals surface area (Å²) in [6, 6.07) is 20.0. The van der Waals surface area contributed by atoms with E-state index in [9.17, 15) is 4.79 Å². The second-order valence-electron chi connectivity index (χ2n) is 5.16. The number of nitrogens with one attached hydrogen (secondary N) is 1. The summed E-state index contributed by atoms with van der Waals surface area (Å²) in [5, 5.41) is 0.349. The van der Waals surface area contributed by atoms with Gasteiger partial charge in [0, 0.05) is 11.1 Å². The minimum Gasteiger partial charge on any atom is -0.369 e. The fourth-order valence-electron chi connectivity index (χ4n) is 2.25. The molecule has 0 saturated carbocycles. The first-order chi connectivity index (χ1) is 11.1. The average molecular weight is 323 g/mol. The monoisotopic (exact) mass is 323 g/mol. The first kappa shape index (κ1) is 15.4. The Labute approximate surface area is 139 Å². The highest BCUT2D eigenvalue weighted by Crippen LogP contribution is 2.33. The molecule has 4 nitrogen and oxygen atoms in total. The molecule has 3 N–H and O–H groups in total. The van der Waals surface area contributed by atoms with Crippen LogP contribution < -0.4 is 5.73 Å². The topological polar surface area (TPSA) is 71.8 Å². The van der Waals surface area contributed by atoms with Crippen LogP contribution in [0.3, 0.4) is 0 Å². The molecule has 0 saturated heterocycles. The fourth-order valence-corrected chi connectivity index (χ4v) is 3.01.